The Labute approximate surface area is 117 Å². The second-order valence-corrected chi connectivity index (χ2v) is 12.1. The van der Waals surface area contributed by atoms with E-state index in [0.29, 0.717) is 10.6 Å². The molecule has 0 amide bonds. The first kappa shape index (κ1) is 13.5. The molecule has 1 aromatic carbocycles. The van der Waals surface area contributed by atoms with Gasteiger partial charge in [0, 0.05) is 5.56 Å². The first-order valence-electron chi connectivity index (χ1n) is 5.79. The van der Waals surface area contributed by atoms with Crippen LogP contribution < -0.4 is 4.50 Å². The van der Waals surface area contributed by atoms with Crippen LogP contribution in [0.3, 0.4) is 0 Å². The van der Waals surface area contributed by atoms with Crippen LogP contribution in [0.15, 0.2) is 36.4 Å². The first-order valence-corrected chi connectivity index (χ1v) is 10.5. The van der Waals surface area contributed by atoms with E-state index in [2.05, 4.69) is 25.7 Å². The maximum absolute atomic E-state index is 12.3. The molecule has 0 bridgehead atoms. The van der Waals surface area contributed by atoms with Crippen molar-refractivity contribution in [1.82, 2.24) is 0 Å². The van der Waals surface area contributed by atoms with E-state index in [4.69, 9.17) is 11.6 Å². The summed E-state index contributed by atoms with van der Waals surface area (Å²) in [7, 11) is -1.34. The smallest absolute Gasteiger partial charge is 0.204 e. The molecule has 1 aromatic heterocycles. The van der Waals surface area contributed by atoms with Crippen molar-refractivity contribution in [3.05, 3.63) is 51.9 Å². The fourth-order valence-electron chi connectivity index (χ4n) is 1.64. The van der Waals surface area contributed by atoms with Gasteiger partial charge in [-0.25, -0.2) is 0 Å². The standard InChI is InChI=1S/C14H15ClOSSi/c1-18(2,3)13-9-8-12(17-13)14(16)10-6-4-5-7-11(10)15/h4-9H,1-3H3. The first-order chi connectivity index (χ1) is 8.39. The zero-order chi connectivity index (χ0) is 13.3. The van der Waals surface area contributed by atoms with Crippen LogP contribution >= 0.6 is 22.9 Å². The third-order valence-corrected chi connectivity index (χ3v) is 7.70. The van der Waals surface area contributed by atoms with Gasteiger partial charge in [0.05, 0.1) is 18.0 Å². The molecule has 1 nitrogen and oxygen atoms in total. The molecule has 0 aliphatic carbocycles. The van der Waals surface area contributed by atoms with E-state index in [9.17, 15) is 4.79 Å². The van der Waals surface area contributed by atoms with Gasteiger partial charge in [0.25, 0.3) is 0 Å². The Balaban J connectivity index is 2.36. The highest BCUT2D eigenvalue weighted by atomic mass is 35.5. The van der Waals surface area contributed by atoms with Crippen LogP contribution in [-0.2, 0) is 0 Å². The third kappa shape index (κ3) is 2.74. The number of hydrogen-bond acceptors (Lipinski definition) is 2. The number of ketones is 1. The maximum Gasteiger partial charge on any atom is 0.204 e. The summed E-state index contributed by atoms with van der Waals surface area (Å²) >= 11 is 7.66. The number of rotatable bonds is 3. The average Bonchev–Trinajstić information content (AvgIpc) is 2.77. The van der Waals surface area contributed by atoms with Gasteiger partial charge >= 0.3 is 0 Å². The number of halogens is 1. The van der Waals surface area contributed by atoms with Gasteiger partial charge in [0.15, 0.2) is 0 Å². The lowest BCUT2D eigenvalue weighted by atomic mass is 10.1. The van der Waals surface area contributed by atoms with Crippen LogP contribution in [0.25, 0.3) is 0 Å². The molecule has 0 saturated carbocycles. The van der Waals surface area contributed by atoms with Crippen molar-refractivity contribution in [3.63, 3.8) is 0 Å². The Bertz CT molecular complexity index is 583. The molecule has 0 aliphatic rings. The highest BCUT2D eigenvalue weighted by Crippen LogP contribution is 2.22. The van der Waals surface area contributed by atoms with Crippen molar-refractivity contribution in [2.75, 3.05) is 0 Å². The Morgan fingerprint density at radius 1 is 1.11 bits per heavy atom. The van der Waals surface area contributed by atoms with Gasteiger partial charge in [-0.1, -0.05) is 49.4 Å². The maximum atomic E-state index is 12.3. The molecular weight excluding hydrogens is 280 g/mol. The monoisotopic (exact) mass is 294 g/mol. The molecule has 18 heavy (non-hydrogen) atoms. The second kappa shape index (κ2) is 5.00. The number of hydrogen-bond donors (Lipinski definition) is 0. The normalized spacial score (nSPS) is 11.6. The molecule has 0 atom stereocenters. The summed E-state index contributed by atoms with van der Waals surface area (Å²) < 4.78 is 1.35. The lowest BCUT2D eigenvalue weighted by molar-refractivity contribution is 0.104. The topological polar surface area (TPSA) is 17.1 Å². The van der Waals surface area contributed by atoms with Crippen molar-refractivity contribution in [3.8, 4) is 0 Å². The van der Waals surface area contributed by atoms with E-state index >= 15 is 0 Å². The van der Waals surface area contributed by atoms with Crippen molar-refractivity contribution >= 4 is 41.3 Å². The molecule has 0 radical (unpaired) electrons. The SMILES string of the molecule is C[Si](C)(C)c1ccc(C(=O)c2ccccc2Cl)s1. The van der Waals surface area contributed by atoms with E-state index in [1.807, 2.05) is 18.2 Å². The van der Waals surface area contributed by atoms with E-state index in [-0.39, 0.29) is 5.78 Å². The van der Waals surface area contributed by atoms with Gasteiger partial charge in [0.2, 0.25) is 5.78 Å². The van der Waals surface area contributed by atoms with Crippen molar-refractivity contribution < 1.29 is 4.79 Å². The molecule has 0 saturated heterocycles. The van der Waals surface area contributed by atoms with Gasteiger partial charge in [-0.15, -0.1) is 11.3 Å². The number of thiophene rings is 1. The largest absolute Gasteiger partial charge is 0.288 e. The summed E-state index contributed by atoms with van der Waals surface area (Å²) in [4.78, 5) is 13.1. The van der Waals surface area contributed by atoms with Crippen LogP contribution in [0.2, 0.25) is 24.7 Å². The Morgan fingerprint density at radius 2 is 1.78 bits per heavy atom. The molecular formula is C14H15ClOSSi. The predicted molar refractivity (Wildman–Crippen MR) is 82.2 cm³/mol. The highest BCUT2D eigenvalue weighted by Gasteiger charge is 2.21. The Hall–Kier alpha value is -0.903. The van der Waals surface area contributed by atoms with Gasteiger partial charge in [-0.2, -0.15) is 0 Å². The molecule has 0 unspecified atom stereocenters. The predicted octanol–water partition coefficient (Wildman–Crippen LogP) is 4.18. The summed E-state index contributed by atoms with van der Waals surface area (Å²) in [6.07, 6.45) is 0. The fourth-order valence-corrected chi connectivity index (χ4v) is 4.71. The fraction of sp³-hybridized carbons (Fsp3) is 0.214. The average molecular weight is 295 g/mol. The summed E-state index contributed by atoms with van der Waals surface area (Å²) in [5, 5.41) is 0.519. The number of carbonyl (C=O) groups is 1. The van der Waals surface area contributed by atoms with E-state index in [0.717, 1.165) is 4.88 Å². The molecule has 0 N–H and O–H groups in total. The molecule has 94 valence electrons. The highest BCUT2D eigenvalue weighted by molar-refractivity contribution is 7.27. The molecule has 2 aromatic rings. The lowest BCUT2D eigenvalue weighted by Gasteiger charge is -2.12. The minimum absolute atomic E-state index is 0.0232. The Kier molecular flexibility index (Phi) is 3.75. The van der Waals surface area contributed by atoms with Crippen LogP contribution in [0, 0.1) is 0 Å². The molecule has 4 heteroatoms. The van der Waals surface area contributed by atoms with Crippen molar-refractivity contribution in [1.29, 1.82) is 0 Å². The van der Waals surface area contributed by atoms with Crippen LogP contribution in [0.4, 0.5) is 0 Å². The van der Waals surface area contributed by atoms with Gasteiger partial charge in [0.1, 0.15) is 0 Å². The summed E-state index contributed by atoms with van der Waals surface area (Å²) in [5.41, 5.74) is 0.586. The van der Waals surface area contributed by atoms with Crippen LogP contribution in [-0.4, -0.2) is 13.9 Å². The molecule has 0 aliphatic heterocycles. The summed E-state index contributed by atoms with van der Waals surface area (Å²) in [5.74, 6) is 0.0232. The number of carbonyl (C=O) groups excluding carboxylic acids is 1. The van der Waals surface area contributed by atoms with Gasteiger partial charge < -0.3 is 0 Å². The zero-order valence-corrected chi connectivity index (χ0v) is 13.2. The molecule has 0 spiro atoms. The van der Waals surface area contributed by atoms with E-state index in [1.54, 1.807) is 23.5 Å². The van der Waals surface area contributed by atoms with Gasteiger partial charge in [-0.05, 0) is 22.7 Å². The zero-order valence-electron chi connectivity index (χ0n) is 10.7. The molecule has 2 rings (SSSR count). The lowest BCUT2D eigenvalue weighted by Crippen LogP contribution is -2.34. The molecule has 0 fully saturated rings. The minimum Gasteiger partial charge on any atom is -0.288 e. The third-order valence-electron chi connectivity index (χ3n) is 2.69. The second-order valence-electron chi connectivity index (χ2n) is 5.22. The summed E-state index contributed by atoms with van der Waals surface area (Å²) in [6, 6.07) is 11.2. The summed E-state index contributed by atoms with van der Waals surface area (Å²) in [6.45, 7) is 6.84. The van der Waals surface area contributed by atoms with E-state index in [1.165, 1.54) is 4.50 Å². The quantitative estimate of drug-likeness (QED) is 0.613. The van der Waals surface area contributed by atoms with Crippen molar-refractivity contribution in [2.45, 2.75) is 19.6 Å². The molecule has 1 heterocycles. The Morgan fingerprint density at radius 3 is 2.33 bits per heavy atom. The van der Waals surface area contributed by atoms with Crippen molar-refractivity contribution in [2.24, 2.45) is 0 Å². The van der Waals surface area contributed by atoms with Crippen LogP contribution in [0.5, 0.6) is 0 Å². The van der Waals surface area contributed by atoms with Gasteiger partial charge in [-0.3, -0.25) is 4.79 Å². The number of benzene rings is 1. The van der Waals surface area contributed by atoms with E-state index < -0.39 is 8.07 Å². The van der Waals surface area contributed by atoms with Crippen LogP contribution in [0.1, 0.15) is 15.2 Å². The minimum atomic E-state index is -1.34.